The second-order valence-corrected chi connectivity index (χ2v) is 6.28. The number of nitrogens with one attached hydrogen (secondary N) is 1. The van der Waals surface area contributed by atoms with Crippen molar-refractivity contribution in [1.82, 2.24) is 10.5 Å². The summed E-state index contributed by atoms with van der Waals surface area (Å²) in [6.07, 6.45) is 0.579. The lowest BCUT2D eigenvalue weighted by molar-refractivity contribution is 0.0953. The minimum absolute atomic E-state index is 0.0471. The second kappa shape index (κ2) is 8.22. The molecule has 0 aliphatic heterocycles. The fraction of sp³-hybridized carbons (Fsp3) is 0.200. The van der Waals surface area contributed by atoms with Gasteiger partial charge in [-0.3, -0.25) is 4.79 Å². The van der Waals surface area contributed by atoms with Crippen LogP contribution in [0.1, 0.15) is 21.7 Å². The van der Waals surface area contributed by atoms with Gasteiger partial charge in [0.25, 0.3) is 5.91 Å². The Hall–Kier alpha value is -2.86. The maximum absolute atomic E-state index is 14.2. The average Bonchev–Trinajstić information content (AvgIpc) is 3.03. The van der Waals surface area contributed by atoms with E-state index in [0.29, 0.717) is 18.7 Å². The highest BCUT2D eigenvalue weighted by Gasteiger charge is 2.25. The summed E-state index contributed by atoms with van der Waals surface area (Å²) in [6.45, 7) is 1.97. The minimum atomic E-state index is -0.570. The average molecular weight is 389 g/mol. The van der Waals surface area contributed by atoms with E-state index in [1.165, 1.54) is 18.2 Å². The third kappa shape index (κ3) is 3.95. The maximum Gasteiger partial charge on any atom is 0.257 e. The summed E-state index contributed by atoms with van der Waals surface area (Å²) >= 11 is 6.10. The van der Waals surface area contributed by atoms with Gasteiger partial charge >= 0.3 is 0 Å². The highest BCUT2D eigenvalue weighted by Crippen LogP contribution is 2.33. The summed E-state index contributed by atoms with van der Waals surface area (Å²) in [5, 5.41) is 6.82. The SMILES string of the molecule is COc1ccccc1CCNC(=O)c1c(-c2c(F)cccc2Cl)noc1C. The number of hydrogen-bond acceptors (Lipinski definition) is 4. The van der Waals surface area contributed by atoms with E-state index >= 15 is 0 Å². The molecule has 0 aliphatic rings. The van der Waals surface area contributed by atoms with Gasteiger partial charge in [0, 0.05) is 6.54 Å². The number of carbonyl (C=O) groups excluding carboxylic acids is 1. The normalized spacial score (nSPS) is 10.7. The number of amides is 1. The number of hydrogen-bond donors (Lipinski definition) is 1. The van der Waals surface area contributed by atoms with Crippen LogP contribution in [-0.4, -0.2) is 24.7 Å². The highest BCUT2D eigenvalue weighted by molar-refractivity contribution is 6.33. The molecule has 2 aromatic carbocycles. The van der Waals surface area contributed by atoms with Crippen molar-refractivity contribution in [2.45, 2.75) is 13.3 Å². The van der Waals surface area contributed by atoms with E-state index < -0.39 is 11.7 Å². The smallest absolute Gasteiger partial charge is 0.257 e. The van der Waals surface area contributed by atoms with Gasteiger partial charge in [-0.05, 0) is 37.1 Å². The first kappa shape index (κ1) is 18.9. The molecule has 140 valence electrons. The minimum Gasteiger partial charge on any atom is -0.496 e. The fourth-order valence-electron chi connectivity index (χ4n) is 2.84. The maximum atomic E-state index is 14.2. The molecule has 3 rings (SSSR count). The standard InChI is InChI=1S/C20H18ClFN2O3/c1-12-17(19(24-27-12)18-14(21)7-5-8-15(18)22)20(25)23-11-10-13-6-3-4-9-16(13)26-2/h3-9H,10-11H2,1-2H3,(H,23,25). The van der Waals surface area contributed by atoms with Crippen LogP contribution in [0.4, 0.5) is 4.39 Å². The van der Waals surface area contributed by atoms with Gasteiger partial charge in [0.05, 0.1) is 17.7 Å². The highest BCUT2D eigenvalue weighted by atomic mass is 35.5. The Morgan fingerprint density at radius 1 is 1.26 bits per heavy atom. The van der Waals surface area contributed by atoms with Gasteiger partial charge in [-0.25, -0.2) is 4.39 Å². The van der Waals surface area contributed by atoms with Crippen LogP contribution >= 0.6 is 11.6 Å². The number of aromatic nitrogens is 1. The zero-order valence-electron chi connectivity index (χ0n) is 14.9. The quantitative estimate of drug-likeness (QED) is 0.678. The van der Waals surface area contributed by atoms with Crippen molar-refractivity contribution >= 4 is 17.5 Å². The van der Waals surface area contributed by atoms with Crippen LogP contribution in [0.5, 0.6) is 5.75 Å². The molecule has 0 saturated heterocycles. The number of nitrogens with zero attached hydrogens (tertiary/aromatic N) is 1. The zero-order valence-corrected chi connectivity index (χ0v) is 15.6. The number of carbonyl (C=O) groups is 1. The largest absolute Gasteiger partial charge is 0.496 e. The number of ether oxygens (including phenoxy) is 1. The van der Waals surface area contributed by atoms with Crippen molar-refractivity contribution in [1.29, 1.82) is 0 Å². The first-order valence-corrected chi connectivity index (χ1v) is 8.71. The molecule has 0 atom stereocenters. The Morgan fingerprint density at radius 3 is 2.78 bits per heavy atom. The summed E-state index contributed by atoms with van der Waals surface area (Å²) in [5.74, 6) is 0.0719. The lowest BCUT2D eigenvalue weighted by Crippen LogP contribution is -2.26. The van der Waals surface area contributed by atoms with Gasteiger partial charge in [-0.1, -0.05) is 41.0 Å². The van der Waals surface area contributed by atoms with E-state index in [4.69, 9.17) is 20.9 Å². The lowest BCUT2D eigenvalue weighted by atomic mass is 10.0. The van der Waals surface area contributed by atoms with Crippen LogP contribution in [-0.2, 0) is 6.42 Å². The predicted octanol–water partition coefficient (Wildman–Crippen LogP) is 4.42. The Balaban J connectivity index is 1.79. The summed E-state index contributed by atoms with van der Waals surface area (Å²) in [6, 6.07) is 11.9. The third-order valence-electron chi connectivity index (χ3n) is 4.16. The van der Waals surface area contributed by atoms with Gasteiger partial charge in [0.15, 0.2) is 0 Å². The first-order chi connectivity index (χ1) is 13.0. The van der Waals surface area contributed by atoms with E-state index in [0.717, 1.165) is 11.3 Å². The van der Waals surface area contributed by atoms with Crippen LogP contribution in [0.3, 0.4) is 0 Å². The van der Waals surface area contributed by atoms with E-state index in [1.54, 1.807) is 14.0 Å². The number of methoxy groups -OCH3 is 1. The molecule has 5 nitrogen and oxygen atoms in total. The van der Waals surface area contributed by atoms with Gasteiger partial charge in [0.1, 0.15) is 28.6 Å². The summed E-state index contributed by atoms with van der Waals surface area (Å²) in [4.78, 5) is 12.7. The van der Waals surface area contributed by atoms with Crippen molar-refractivity contribution < 1.29 is 18.4 Å². The Morgan fingerprint density at radius 2 is 2.04 bits per heavy atom. The lowest BCUT2D eigenvalue weighted by Gasteiger charge is -2.10. The molecule has 7 heteroatoms. The predicted molar refractivity (Wildman–Crippen MR) is 101 cm³/mol. The van der Waals surface area contributed by atoms with Gasteiger partial charge in [-0.15, -0.1) is 0 Å². The van der Waals surface area contributed by atoms with Crippen molar-refractivity contribution in [3.8, 4) is 17.0 Å². The van der Waals surface area contributed by atoms with Gasteiger partial charge in [0.2, 0.25) is 0 Å². The Kier molecular flexibility index (Phi) is 5.76. The molecule has 0 saturated carbocycles. The summed E-state index contributed by atoms with van der Waals surface area (Å²) < 4.78 is 24.7. The van der Waals surface area contributed by atoms with Crippen molar-refractivity contribution in [3.63, 3.8) is 0 Å². The fourth-order valence-corrected chi connectivity index (χ4v) is 3.10. The molecule has 3 aromatic rings. The second-order valence-electron chi connectivity index (χ2n) is 5.88. The molecular weight excluding hydrogens is 371 g/mol. The number of benzene rings is 2. The molecule has 27 heavy (non-hydrogen) atoms. The van der Waals surface area contributed by atoms with Crippen LogP contribution in [0.25, 0.3) is 11.3 Å². The zero-order chi connectivity index (χ0) is 19.4. The van der Waals surface area contributed by atoms with Crippen molar-refractivity contribution in [2.75, 3.05) is 13.7 Å². The summed E-state index contributed by atoms with van der Waals surface area (Å²) in [5.41, 5.74) is 1.28. The number of halogens is 2. The molecule has 0 bridgehead atoms. The topological polar surface area (TPSA) is 64.4 Å². The van der Waals surface area contributed by atoms with Crippen LogP contribution in [0.2, 0.25) is 5.02 Å². The third-order valence-corrected chi connectivity index (χ3v) is 4.48. The van der Waals surface area contributed by atoms with E-state index in [1.807, 2.05) is 24.3 Å². The molecule has 0 unspecified atom stereocenters. The van der Waals surface area contributed by atoms with E-state index in [2.05, 4.69) is 10.5 Å². The van der Waals surface area contributed by atoms with Gasteiger partial charge < -0.3 is 14.6 Å². The van der Waals surface area contributed by atoms with Crippen LogP contribution in [0.15, 0.2) is 47.0 Å². The number of para-hydroxylation sites is 1. The molecule has 0 aliphatic carbocycles. The monoisotopic (exact) mass is 388 g/mol. The Labute approximate surface area is 161 Å². The molecule has 0 fully saturated rings. The number of rotatable bonds is 6. The van der Waals surface area contributed by atoms with Crippen molar-refractivity contribution in [2.24, 2.45) is 0 Å². The molecule has 1 aromatic heterocycles. The number of aryl methyl sites for hydroxylation is 1. The Bertz CT molecular complexity index is 951. The molecule has 1 heterocycles. The molecule has 0 spiro atoms. The van der Waals surface area contributed by atoms with E-state index in [9.17, 15) is 9.18 Å². The molecule has 1 N–H and O–H groups in total. The van der Waals surface area contributed by atoms with Crippen molar-refractivity contribution in [3.05, 3.63) is 70.2 Å². The molecule has 0 radical (unpaired) electrons. The summed E-state index contributed by atoms with van der Waals surface area (Å²) in [7, 11) is 1.60. The van der Waals surface area contributed by atoms with E-state index in [-0.39, 0.29) is 21.8 Å². The molecule has 1 amide bonds. The van der Waals surface area contributed by atoms with Crippen LogP contribution < -0.4 is 10.1 Å². The molecular formula is C20H18ClFN2O3. The first-order valence-electron chi connectivity index (χ1n) is 8.33. The van der Waals surface area contributed by atoms with Gasteiger partial charge in [-0.2, -0.15) is 0 Å². The van der Waals surface area contributed by atoms with Crippen LogP contribution in [0, 0.1) is 12.7 Å².